The summed E-state index contributed by atoms with van der Waals surface area (Å²) in [7, 11) is 0. The normalized spacial score (nSPS) is 15.3. The highest BCUT2D eigenvalue weighted by Gasteiger charge is 2.34. The Morgan fingerprint density at radius 1 is 1.09 bits per heavy atom. The fraction of sp³-hybridized carbons (Fsp3) is 0.357. The Balaban J connectivity index is 1.65. The first kappa shape index (κ1) is 25.5. The van der Waals surface area contributed by atoms with Crippen LogP contribution in [0.25, 0.3) is 0 Å². The Labute approximate surface area is 219 Å². The fourth-order valence-corrected chi connectivity index (χ4v) is 6.17. The Kier molecular flexibility index (Phi) is 7.67. The molecule has 1 aliphatic carbocycles. The number of fused-ring (bicyclic) bond motifs is 1. The van der Waals surface area contributed by atoms with Crippen LogP contribution in [0.3, 0.4) is 0 Å². The van der Waals surface area contributed by atoms with E-state index in [0.29, 0.717) is 34.3 Å². The second kappa shape index (κ2) is 10.5. The van der Waals surface area contributed by atoms with E-state index < -0.39 is 0 Å². The van der Waals surface area contributed by atoms with Crippen LogP contribution in [0.5, 0.6) is 5.75 Å². The molecule has 0 saturated heterocycles. The second-order valence-corrected chi connectivity index (χ2v) is 11.9. The van der Waals surface area contributed by atoms with Crippen molar-refractivity contribution >= 4 is 49.8 Å². The number of carbonyl (C=O) groups excluding carboxylic acids is 2. The number of anilines is 2. The van der Waals surface area contributed by atoms with Crippen LogP contribution in [0.1, 0.15) is 65.3 Å². The number of hydrogen-bond acceptors (Lipinski definition) is 4. The molecule has 1 unspecified atom stereocenters. The molecule has 35 heavy (non-hydrogen) atoms. The van der Waals surface area contributed by atoms with Crippen LogP contribution < -0.4 is 15.4 Å². The van der Waals surface area contributed by atoms with E-state index in [1.807, 2.05) is 43.3 Å². The third-order valence-corrected chi connectivity index (χ3v) is 8.12. The minimum atomic E-state index is -0.229. The highest BCUT2D eigenvalue weighted by Crippen LogP contribution is 2.44. The van der Waals surface area contributed by atoms with Crippen molar-refractivity contribution in [3.63, 3.8) is 0 Å². The van der Waals surface area contributed by atoms with Crippen LogP contribution in [0, 0.1) is 11.3 Å². The standard InChI is InChI=1S/C28H31BrN2O3S/c1-5-34-21-12-10-20(11-13-21)30-26(33)24-22-14-9-18(28(2,3)4)16-23(22)35-27(24)31-25(32)17-7-6-8-19(29)15-17/h6-8,10-13,15,18H,5,9,14,16H2,1-4H3,(H,30,33)(H,31,32). The number of benzene rings is 2. The molecule has 0 radical (unpaired) electrons. The monoisotopic (exact) mass is 554 g/mol. The summed E-state index contributed by atoms with van der Waals surface area (Å²) in [5, 5.41) is 6.67. The molecule has 184 valence electrons. The van der Waals surface area contributed by atoms with E-state index in [4.69, 9.17) is 4.74 Å². The van der Waals surface area contributed by atoms with E-state index in [-0.39, 0.29) is 17.2 Å². The van der Waals surface area contributed by atoms with Gasteiger partial charge in [0.1, 0.15) is 10.8 Å². The number of carbonyl (C=O) groups is 2. The van der Waals surface area contributed by atoms with Crippen LogP contribution in [0.4, 0.5) is 10.7 Å². The smallest absolute Gasteiger partial charge is 0.258 e. The molecule has 0 saturated carbocycles. The molecule has 4 rings (SSSR count). The van der Waals surface area contributed by atoms with Crippen molar-refractivity contribution in [1.29, 1.82) is 0 Å². The van der Waals surface area contributed by atoms with Crippen molar-refractivity contribution in [3.05, 3.63) is 74.6 Å². The average Bonchev–Trinajstić information content (AvgIpc) is 3.17. The van der Waals surface area contributed by atoms with Gasteiger partial charge in [0.05, 0.1) is 12.2 Å². The summed E-state index contributed by atoms with van der Waals surface area (Å²) in [6.07, 6.45) is 2.77. The molecule has 3 aromatic rings. The highest BCUT2D eigenvalue weighted by atomic mass is 79.9. The second-order valence-electron chi connectivity index (χ2n) is 9.89. The first-order valence-electron chi connectivity index (χ1n) is 11.9. The molecule has 0 aliphatic heterocycles. The molecule has 0 spiro atoms. The minimum Gasteiger partial charge on any atom is -0.494 e. The fourth-order valence-electron chi connectivity index (χ4n) is 4.45. The Morgan fingerprint density at radius 2 is 1.83 bits per heavy atom. The summed E-state index contributed by atoms with van der Waals surface area (Å²) in [5.74, 6) is 0.857. The highest BCUT2D eigenvalue weighted by molar-refractivity contribution is 9.10. The van der Waals surface area contributed by atoms with E-state index >= 15 is 0 Å². The lowest BCUT2D eigenvalue weighted by atomic mass is 9.72. The molecule has 7 heteroatoms. The van der Waals surface area contributed by atoms with Crippen LogP contribution in [-0.2, 0) is 12.8 Å². The van der Waals surface area contributed by atoms with Gasteiger partial charge in [0.15, 0.2) is 0 Å². The Bertz CT molecular complexity index is 1230. The average molecular weight is 556 g/mol. The molecule has 0 bridgehead atoms. The van der Waals surface area contributed by atoms with Gasteiger partial charge in [0, 0.05) is 20.6 Å². The summed E-state index contributed by atoms with van der Waals surface area (Å²) < 4.78 is 6.33. The molecule has 0 fully saturated rings. The van der Waals surface area contributed by atoms with Crippen molar-refractivity contribution in [2.75, 3.05) is 17.2 Å². The summed E-state index contributed by atoms with van der Waals surface area (Å²) in [6, 6.07) is 14.6. The molecule has 5 nitrogen and oxygen atoms in total. The third kappa shape index (κ3) is 5.96. The van der Waals surface area contributed by atoms with Gasteiger partial charge in [-0.3, -0.25) is 9.59 Å². The van der Waals surface area contributed by atoms with Crippen LogP contribution in [0.15, 0.2) is 53.0 Å². The number of nitrogens with one attached hydrogen (secondary N) is 2. The van der Waals surface area contributed by atoms with E-state index in [1.54, 1.807) is 12.1 Å². The van der Waals surface area contributed by atoms with Gasteiger partial charge in [0.2, 0.25) is 0 Å². The summed E-state index contributed by atoms with van der Waals surface area (Å²) >= 11 is 4.96. The van der Waals surface area contributed by atoms with E-state index in [9.17, 15) is 9.59 Å². The van der Waals surface area contributed by atoms with Gasteiger partial charge in [-0.2, -0.15) is 0 Å². The molecule has 1 aromatic heterocycles. The lowest BCUT2D eigenvalue weighted by molar-refractivity contribution is 0.102. The predicted molar refractivity (Wildman–Crippen MR) is 147 cm³/mol. The lowest BCUT2D eigenvalue weighted by Crippen LogP contribution is -2.27. The Hall–Kier alpha value is -2.64. The number of halogens is 1. The molecular formula is C28H31BrN2O3S. The van der Waals surface area contributed by atoms with Crippen molar-refractivity contribution in [3.8, 4) is 5.75 Å². The number of amides is 2. The SMILES string of the molecule is CCOc1ccc(NC(=O)c2c(NC(=O)c3cccc(Br)c3)sc3c2CCC(C(C)(C)C)C3)cc1. The van der Waals surface area contributed by atoms with Gasteiger partial charge in [-0.25, -0.2) is 0 Å². The first-order chi connectivity index (χ1) is 16.7. The van der Waals surface area contributed by atoms with Gasteiger partial charge >= 0.3 is 0 Å². The number of hydrogen-bond donors (Lipinski definition) is 2. The van der Waals surface area contributed by atoms with Gasteiger partial charge in [-0.05, 0) is 85.5 Å². The van der Waals surface area contributed by atoms with Crippen molar-refractivity contribution in [1.82, 2.24) is 0 Å². The molecule has 2 amide bonds. The molecule has 1 heterocycles. The van der Waals surface area contributed by atoms with Crippen LogP contribution in [0.2, 0.25) is 0 Å². The molecule has 2 aromatic carbocycles. The molecular weight excluding hydrogens is 524 g/mol. The van der Waals surface area contributed by atoms with Gasteiger partial charge in [-0.1, -0.05) is 42.8 Å². The molecule has 2 N–H and O–H groups in total. The summed E-state index contributed by atoms with van der Waals surface area (Å²) in [6.45, 7) is 9.33. The third-order valence-electron chi connectivity index (χ3n) is 6.45. The maximum atomic E-state index is 13.5. The Morgan fingerprint density at radius 3 is 2.49 bits per heavy atom. The van der Waals surface area contributed by atoms with Crippen molar-refractivity contribution in [2.45, 2.75) is 47.0 Å². The maximum absolute atomic E-state index is 13.5. The lowest BCUT2D eigenvalue weighted by Gasteiger charge is -2.33. The van der Waals surface area contributed by atoms with E-state index in [2.05, 4.69) is 47.3 Å². The van der Waals surface area contributed by atoms with Crippen LogP contribution in [-0.4, -0.2) is 18.4 Å². The number of ether oxygens (including phenoxy) is 1. The van der Waals surface area contributed by atoms with Gasteiger partial charge in [-0.15, -0.1) is 11.3 Å². The predicted octanol–water partition coefficient (Wildman–Crippen LogP) is 7.56. The van der Waals surface area contributed by atoms with Gasteiger partial charge < -0.3 is 15.4 Å². The zero-order valence-electron chi connectivity index (χ0n) is 20.5. The summed E-state index contributed by atoms with van der Waals surface area (Å²) in [4.78, 5) is 27.8. The van der Waals surface area contributed by atoms with Crippen molar-refractivity contribution < 1.29 is 14.3 Å². The molecule has 1 aliphatic rings. The number of thiophene rings is 1. The molecule has 1 atom stereocenters. The van der Waals surface area contributed by atoms with E-state index in [0.717, 1.165) is 35.0 Å². The van der Waals surface area contributed by atoms with Crippen LogP contribution >= 0.6 is 27.3 Å². The minimum absolute atomic E-state index is 0.187. The van der Waals surface area contributed by atoms with Crippen molar-refractivity contribution in [2.24, 2.45) is 11.3 Å². The zero-order chi connectivity index (χ0) is 25.2. The maximum Gasteiger partial charge on any atom is 0.258 e. The first-order valence-corrected chi connectivity index (χ1v) is 13.5. The zero-order valence-corrected chi connectivity index (χ0v) is 22.9. The largest absolute Gasteiger partial charge is 0.494 e. The quantitative estimate of drug-likeness (QED) is 0.330. The van der Waals surface area contributed by atoms with Gasteiger partial charge in [0.25, 0.3) is 11.8 Å². The number of rotatable bonds is 6. The summed E-state index contributed by atoms with van der Waals surface area (Å²) in [5.41, 5.74) is 3.05. The topological polar surface area (TPSA) is 67.4 Å². The van der Waals surface area contributed by atoms with E-state index in [1.165, 1.54) is 16.2 Å².